The van der Waals surface area contributed by atoms with Crippen LogP contribution in [0, 0.1) is 0 Å². The SMILES string of the molecule is CC(OCc1ccc(N)c2cccnc12)c1ccccc1. The second kappa shape index (κ2) is 5.94. The largest absolute Gasteiger partial charge is 0.398 e. The molecule has 0 aliphatic rings. The zero-order valence-corrected chi connectivity index (χ0v) is 12.0. The summed E-state index contributed by atoms with van der Waals surface area (Å²) in [5.41, 5.74) is 9.88. The minimum Gasteiger partial charge on any atom is -0.398 e. The Kier molecular flexibility index (Phi) is 3.84. The highest BCUT2D eigenvalue weighted by Crippen LogP contribution is 2.25. The highest BCUT2D eigenvalue weighted by molar-refractivity contribution is 5.92. The van der Waals surface area contributed by atoms with Gasteiger partial charge in [0.2, 0.25) is 0 Å². The third kappa shape index (κ3) is 2.88. The lowest BCUT2D eigenvalue weighted by Crippen LogP contribution is -2.02. The molecule has 0 radical (unpaired) electrons. The maximum Gasteiger partial charge on any atom is 0.0801 e. The van der Waals surface area contributed by atoms with Crippen LogP contribution in [-0.4, -0.2) is 4.98 Å². The number of anilines is 1. The Morgan fingerprint density at radius 2 is 1.86 bits per heavy atom. The first-order valence-corrected chi connectivity index (χ1v) is 7.04. The summed E-state index contributed by atoms with van der Waals surface area (Å²) in [4.78, 5) is 4.43. The van der Waals surface area contributed by atoms with Crippen molar-refractivity contribution in [2.75, 3.05) is 5.73 Å². The Hall–Kier alpha value is -2.39. The van der Waals surface area contributed by atoms with E-state index in [4.69, 9.17) is 10.5 Å². The quantitative estimate of drug-likeness (QED) is 0.731. The summed E-state index contributed by atoms with van der Waals surface area (Å²) < 4.78 is 5.98. The molecule has 0 aliphatic heterocycles. The molecule has 0 bridgehead atoms. The van der Waals surface area contributed by atoms with Gasteiger partial charge in [0.25, 0.3) is 0 Å². The Morgan fingerprint density at radius 1 is 1.05 bits per heavy atom. The third-order valence-corrected chi connectivity index (χ3v) is 3.64. The molecule has 3 aromatic rings. The van der Waals surface area contributed by atoms with E-state index in [2.05, 4.69) is 24.0 Å². The molecule has 3 nitrogen and oxygen atoms in total. The van der Waals surface area contributed by atoms with Crippen LogP contribution in [0.2, 0.25) is 0 Å². The molecule has 1 aromatic heterocycles. The van der Waals surface area contributed by atoms with E-state index in [0.29, 0.717) is 6.61 Å². The summed E-state index contributed by atoms with van der Waals surface area (Å²) in [7, 11) is 0. The fourth-order valence-corrected chi connectivity index (χ4v) is 2.40. The van der Waals surface area contributed by atoms with E-state index in [-0.39, 0.29) is 6.10 Å². The predicted molar refractivity (Wildman–Crippen MR) is 85.8 cm³/mol. The van der Waals surface area contributed by atoms with Crippen LogP contribution in [0.3, 0.4) is 0 Å². The minimum atomic E-state index is 0.0440. The molecule has 106 valence electrons. The fraction of sp³-hybridized carbons (Fsp3) is 0.167. The number of nitrogens with zero attached hydrogens (tertiary/aromatic N) is 1. The van der Waals surface area contributed by atoms with Crippen molar-refractivity contribution >= 4 is 16.6 Å². The molecule has 3 rings (SSSR count). The lowest BCUT2D eigenvalue weighted by atomic mass is 10.1. The van der Waals surface area contributed by atoms with Gasteiger partial charge in [-0.15, -0.1) is 0 Å². The van der Waals surface area contributed by atoms with Crippen LogP contribution in [0.15, 0.2) is 60.8 Å². The number of rotatable bonds is 4. The first-order valence-electron chi connectivity index (χ1n) is 7.04. The van der Waals surface area contributed by atoms with Gasteiger partial charge in [0.05, 0.1) is 18.2 Å². The van der Waals surface area contributed by atoms with Crippen LogP contribution in [-0.2, 0) is 11.3 Å². The van der Waals surface area contributed by atoms with E-state index in [1.165, 1.54) is 5.56 Å². The number of hydrogen-bond acceptors (Lipinski definition) is 3. The Labute approximate surface area is 124 Å². The van der Waals surface area contributed by atoms with Crippen molar-refractivity contribution in [1.82, 2.24) is 4.98 Å². The van der Waals surface area contributed by atoms with E-state index >= 15 is 0 Å². The second-order valence-electron chi connectivity index (χ2n) is 5.08. The number of aromatic nitrogens is 1. The zero-order valence-electron chi connectivity index (χ0n) is 12.0. The maximum atomic E-state index is 5.99. The first-order chi connectivity index (χ1) is 10.3. The van der Waals surface area contributed by atoms with Crippen molar-refractivity contribution in [1.29, 1.82) is 0 Å². The normalized spacial score (nSPS) is 12.4. The smallest absolute Gasteiger partial charge is 0.0801 e. The number of fused-ring (bicyclic) bond motifs is 1. The van der Waals surface area contributed by atoms with Crippen molar-refractivity contribution in [2.24, 2.45) is 0 Å². The molecule has 2 aromatic carbocycles. The van der Waals surface area contributed by atoms with E-state index in [1.807, 2.05) is 42.5 Å². The molecule has 0 saturated carbocycles. The average Bonchev–Trinajstić information content (AvgIpc) is 2.55. The lowest BCUT2D eigenvalue weighted by Gasteiger charge is -2.14. The summed E-state index contributed by atoms with van der Waals surface area (Å²) in [6.45, 7) is 2.58. The third-order valence-electron chi connectivity index (χ3n) is 3.64. The monoisotopic (exact) mass is 278 g/mol. The molecule has 1 heterocycles. The van der Waals surface area contributed by atoms with Gasteiger partial charge >= 0.3 is 0 Å². The standard InChI is InChI=1S/C18H18N2O/c1-13(14-6-3-2-4-7-14)21-12-15-9-10-17(19)16-8-5-11-20-18(15)16/h2-11,13H,12,19H2,1H3. The van der Waals surface area contributed by atoms with Gasteiger partial charge in [0, 0.05) is 22.8 Å². The van der Waals surface area contributed by atoms with Crippen molar-refractivity contribution in [3.05, 3.63) is 71.9 Å². The van der Waals surface area contributed by atoms with Crippen LogP contribution in [0.25, 0.3) is 10.9 Å². The van der Waals surface area contributed by atoms with Crippen LogP contribution >= 0.6 is 0 Å². The predicted octanol–water partition coefficient (Wildman–Crippen LogP) is 4.09. The number of hydrogen-bond donors (Lipinski definition) is 1. The van der Waals surface area contributed by atoms with Gasteiger partial charge in [-0.05, 0) is 30.7 Å². The van der Waals surface area contributed by atoms with Crippen LogP contribution < -0.4 is 5.73 Å². The van der Waals surface area contributed by atoms with Crippen molar-refractivity contribution in [3.8, 4) is 0 Å². The Balaban J connectivity index is 1.81. The fourth-order valence-electron chi connectivity index (χ4n) is 2.40. The molecule has 3 heteroatoms. The molecular weight excluding hydrogens is 260 g/mol. The molecule has 0 fully saturated rings. The highest BCUT2D eigenvalue weighted by atomic mass is 16.5. The van der Waals surface area contributed by atoms with Crippen molar-refractivity contribution < 1.29 is 4.74 Å². The van der Waals surface area contributed by atoms with Crippen LogP contribution in [0.4, 0.5) is 5.69 Å². The number of nitrogen functional groups attached to an aromatic ring is 1. The summed E-state index contributed by atoms with van der Waals surface area (Å²) in [5.74, 6) is 0. The first kappa shape index (κ1) is 13.6. The van der Waals surface area contributed by atoms with Crippen LogP contribution in [0.1, 0.15) is 24.2 Å². The van der Waals surface area contributed by atoms with Crippen molar-refractivity contribution in [2.45, 2.75) is 19.6 Å². The zero-order chi connectivity index (χ0) is 14.7. The van der Waals surface area contributed by atoms with Gasteiger partial charge in [-0.3, -0.25) is 4.98 Å². The highest BCUT2D eigenvalue weighted by Gasteiger charge is 2.09. The van der Waals surface area contributed by atoms with E-state index < -0.39 is 0 Å². The maximum absolute atomic E-state index is 5.99. The lowest BCUT2D eigenvalue weighted by molar-refractivity contribution is 0.0532. The van der Waals surface area contributed by atoms with Crippen molar-refractivity contribution in [3.63, 3.8) is 0 Å². The van der Waals surface area contributed by atoms with Gasteiger partial charge in [-0.25, -0.2) is 0 Å². The Morgan fingerprint density at radius 3 is 2.67 bits per heavy atom. The van der Waals surface area contributed by atoms with Gasteiger partial charge in [-0.1, -0.05) is 36.4 Å². The molecule has 2 N–H and O–H groups in total. The van der Waals surface area contributed by atoms with Gasteiger partial charge in [0.1, 0.15) is 0 Å². The molecule has 21 heavy (non-hydrogen) atoms. The Bertz CT molecular complexity index is 741. The van der Waals surface area contributed by atoms with E-state index in [9.17, 15) is 0 Å². The molecular formula is C18H18N2O. The van der Waals surface area contributed by atoms with E-state index in [1.54, 1.807) is 6.20 Å². The molecule has 1 atom stereocenters. The van der Waals surface area contributed by atoms with Gasteiger partial charge in [-0.2, -0.15) is 0 Å². The van der Waals surface area contributed by atoms with Gasteiger partial charge < -0.3 is 10.5 Å². The number of benzene rings is 2. The number of pyridine rings is 1. The molecule has 0 saturated heterocycles. The summed E-state index contributed by atoms with van der Waals surface area (Å²) in [6, 6.07) is 18.0. The molecule has 1 unspecified atom stereocenters. The van der Waals surface area contributed by atoms with Gasteiger partial charge in [0.15, 0.2) is 0 Å². The average molecular weight is 278 g/mol. The molecule has 0 amide bonds. The number of nitrogens with two attached hydrogens (primary N) is 1. The van der Waals surface area contributed by atoms with E-state index in [0.717, 1.165) is 22.2 Å². The summed E-state index contributed by atoms with van der Waals surface area (Å²) in [6.07, 6.45) is 1.83. The molecule has 0 aliphatic carbocycles. The molecule has 0 spiro atoms. The number of ether oxygens (including phenoxy) is 1. The summed E-state index contributed by atoms with van der Waals surface area (Å²) in [5, 5.41) is 0.978. The second-order valence-corrected chi connectivity index (χ2v) is 5.08. The summed E-state index contributed by atoms with van der Waals surface area (Å²) >= 11 is 0. The minimum absolute atomic E-state index is 0.0440. The van der Waals surface area contributed by atoms with Crippen LogP contribution in [0.5, 0.6) is 0 Å². The topological polar surface area (TPSA) is 48.1 Å².